The first-order chi connectivity index (χ1) is 11.8. The molecule has 5 heteroatoms. The van der Waals surface area contributed by atoms with Crippen LogP contribution in [-0.2, 0) is 20.8 Å². The third kappa shape index (κ3) is 5.43. The molecular weight excluding hydrogens is 334 g/mol. The summed E-state index contributed by atoms with van der Waals surface area (Å²) in [6, 6.07) is 9.57. The summed E-state index contributed by atoms with van der Waals surface area (Å²) in [6.07, 6.45) is 3.24. The summed E-state index contributed by atoms with van der Waals surface area (Å²) in [7, 11) is 0. The highest BCUT2D eigenvalue weighted by Crippen LogP contribution is 2.25. The minimum atomic E-state index is -0.720. The average Bonchev–Trinajstić information content (AvgIpc) is 2.60. The Balaban J connectivity index is 1.96. The molecular formula is C20H27NO3S. The van der Waals surface area contributed by atoms with E-state index >= 15 is 0 Å². The first kappa shape index (κ1) is 19.7. The van der Waals surface area contributed by atoms with Crippen LogP contribution in [0.5, 0.6) is 0 Å². The van der Waals surface area contributed by atoms with Crippen molar-refractivity contribution < 1.29 is 14.4 Å². The van der Waals surface area contributed by atoms with E-state index in [9.17, 15) is 14.4 Å². The SMILES string of the molecule is CC(C)(C)C(=O)C(=O)N1CCCCC1C(=O)SCCc1ccccc1. The zero-order chi connectivity index (χ0) is 18.4. The number of nitrogens with zero attached hydrogens (tertiary/aromatic N) is 1. The molecule has 1 unspecified atom stereocenters. The van der Waals surface area contributed by atoms with Crippen LogP contribution in [-0.4, -0.2) is 40.0 Å². The molecule has 1 aliphatic heterocycles. The lowest BCUT2D eigenvalue weighted by molar-refractivity contribution is -0.152. The van der Waals surface area contributed by atoms with Crippen LogP contribution in [0.1, 0.15) is 45.6 Å². The zero-order valence-electron chi connectivity index (χ0n) is 15.3. The molecule has 0 aromatic heterocycles. The highest BCUT2D eigenvalue weighted by molar-refractivity contribution is 8.13. The Morgan fingerprint density at radius 2 is 1.80 bits per heavy atom. The lowest BCUT2D eigenvalue weighted by atomic mass is 9.89. The fourth-order valence-corrected chi connectivity index (χ4v) is 3.86. The summed E-state index contributed by atoms with van der Waals surface area (Å²) in [4.78, 5) is 39.0. The molecule has 1 heterocycles. The van der Waals surface area contributed by atoms with E-state index in [0.717, 1.165) is 19.3 Å². The molecule has 25 heavy (non-hydrogen) atoms. The molecule has 2 rings (SSSR count). The monoisotopic (exact) mass is 361 g/mol. The molecule has 136 valence electrons. The summed E-state index contributed by atoms with van der Waals surface area (Å²) < 4.78 is 0. The van der Waals surface area contributed by atoms with Crippen LogP contribution < -0.4 is 0 Å². The molecule has 4 nitrogen and oxygen atoms in total. The van der Waals surface area contributed by atoms with Crippen molar-refractivity contribution >= 4 is 28.6 Å². The Hall–Kier alpha value is -1.62. The second-order valence-electron chi connectivity index (χ2n) is 7.49. The van der Waals surface area contributed by atoms with Crippen LogP contribution in [0.15, 0.2) is 30.3 Å². The van der Waals surface area contributed by atoms with Crippen molar-refractivity contribution in [2.45, 2.75) is 52.5 Å². The third-order valence-corrected chi connectivity index (χ3v) is 5.35. The van der Waals surface area contributed by atoms with Gasteiger partial charge in [-0.1, -0.05) is 62.9 Å². The molecule has 0 saturated carbocycles. The zero-order valence-corrected chi connectivity index (χ0v) is 16.1. The smallest absolute Gasteiger partial charge is 0.291 e. The predicted molar refractivity (Wildman–Crippen MR) is 101 cm³/mol. The van der Waals surface area contributed by atoms with Crippen molar-refractivity contribution in [1.29, 1.82) is 0 Å². The van der Waals surface area contributed by atoms with Crippen LogP contribution in [0.2, 0.25) is 0 Å². The van der Waals surface area contributed by atoms with E-state index in [0.29, 0.717) is 18.7 Å². The van der Waals surface area contributed by atoms with Crippen LogP contribution in [0.25, 0.3) is 0 Å². The highest BCUT2D eigenvalue weighted by atomic mass is 32.2. The number of aryl methyl sites for hydroxylation is 1. The number of hydrogen-bond donors (Lipinski definition) is 0. The molecule has 0 aliphatic carbocycles. The van der Waals surface area contributed by atoms with Gasteiger partial charge in [0.15, 0.2) is 0 Å². The van der Waals surface area contributed by atoms with E-state index in [1.165, 1.54) is 22.2 Å². The van der Waals surface area contributed by atoms with E-state index < -0.39 is 23.1 Å². The molecule has 1 fully saturated rings. The number of benzene rings is 1. The van der Waals surface area contributed by atoms with Gasteiger partial charge >= 0.3 is 0 Å². The van der Waals surface area contributed by atoms with Gasteiger partial charge in [-0.15, -0.1) is 0 Å². The minimum absolute atomic E-state index is 0.00527. The van der Waals surface area contributed by atoms with Gasteiger partial charge in [0.05, 0.1) is 0 Å². The summed E-state index contributed by atoms with van der Waals surface area (Å²) in [5.41, 5.74) is 0.477. The van der Waals surface area contributed by atoms with Crippen LogP contribution >= 0.6 is 11.8 Å². The standard InChI is InChI=1S/C20H27NO3S/c1-20(2,3)17(22)18(23)21-13-8-7-11-16(21)19(24)25-14-12-15-9-5-4-6-10-15/h4-6,9-10,16H,7-8,11-14H2,1-3H3. The fourth-order valence-electron chi connectivity index (χ4n) is 2.88. The summed E-state index contributed by atoms with van der Waals surface area (Å²) in [5.74, 6) is -0.232. The van der Waals surface area contributed by atoms with E-state index in [-0.39, 0.29) is 5.12 Å². The maximum Gasteiger partial charge on any atom is 0.291 e. The largest absolute Gasteiger partial charge is 0.325 e. The molecule has 1 saturated heterocycles. The van der Waals surface area contributed by atoms with Gasteiger partial charge in [-0.05, 0) is 31.2 Å². The quantitative estimate of drug-likeness (QED) is 0.754. The van der Waals surface area contributed by atoms with Gasteiger partial charge in [-0.3, -0.25) is 14.4 Å². The fraction of sp³-hybridized carbons (Fsp3) is 0.550. The second kappa shape index (κ2) is 8.65. The van der Waals surface area contributed by atoms with Crippen molar-refractivity contribution in [2.24, 2.45) is 5.41 Å². The Labute approximate surface area is 154 Å². The molecule has 1 aromatic rings. The van der Waals surface area contributed by atoms with E-state index in [4.69, 9.17) is 0 Å². The van der Waals surface area contributed by atoms with Gasteiger partial charge in [0.25, 0.3) is 5.91 Å². The van der Waals surface area contributed by atoms with Crippen LogP contribution in [0.3, 0.4) is 0 Å². The molecule has 0 N–H and O–H groups in total. The highest BCUT2D eigenvalue weighted by Gasteiger charge is 2.38. The summed E-state index contributed by atoms with van der Waals surface area (Å²) >= 11 is 1.27. The number of amides is 1. The minimum Gasteiger partial charge on any atom is -0.325 e. The number of rotatable bonds is 5. The molecule has 1 aliphatic rings. The van der Waals surface area contributed by atoms with Crippen molar-refractivity contribution in [1.82, 2.24) is 4.90 Å². The van der Waals surface area contributed by atoms with Gasteiger partial charge in [0.2, 0.25) is 10.9 Å². The first-order valence-corrected chi connectivity index (χ1v) is 9.85. The molecule has 1 atom stereocenters. The molecule has 0 spiro atoms. The average molecular weight is 362 g/mol. The third-order valence-electron chi connectivity index (χ3n) is 4.39. The van der Waals surface area contributed by atoms with Crippen molar-refractivity contribution in [3.63, 3.8) is 0 Å². The number of thioether (sulfide) groups is 1. The number of ketones is 1. The topological polar surface area (TPSA) is 54.5 Å². The van der Waals surface area contributed by atoms with E-state index in [1.54, 1.807) is 20.8 Å². The molecule has 1 amide bonds. The molecule has 0 radical (unpaired) electrons. The second-order valence-corrected chi connectivity index (χ2v) is 8.59. The number of carbonyl (C=O) groups excluding carboxylic acids is 3. The first-order valence-electron chi connectivity index (χ1n) is 8.86. The van der Waals surface area contributed by atoms with Gasteiger partial charge in [0.1, 0.15) is 6.04 Å². The number of piperidine rings is 1. The lowest BCUT2D eigenvalue weighted by Gasteiger charge is -2.35. The van der Waals surface area contributed by atoms with Crippen LogP contribution in [0.4, 0.5) is 0 Å². The van der Waals surface area contributed by atoms with Gasteiger partial charge in [-0.2, -0.15) is 0 Å². The van der Waals surface area contributed by atoms with E-state index in [2.05, 4.69) is 0 Å². The lowest BCUT2D eigenvalue weighted by Crippen LogP contribution is -2.51. The Kier molecular flexibility index (Phi) is 6.82. The van der Waals surface area contributed by atoms with Crippen molar-refractivity contribution in [2.75, 3.05) is 12.3 Å². The van der Waals surface area contributed by atoms with Gasteiger partial charge < -0.3 is 4.90 Å². The van der Waals surface area contributed by atoms with Crippen molar-refractivity contribution in [3.05, 3.63) is 35.9 Å². The predicted octanol–water partition coefficient (Wildman–Crippen LogP) is 3.49. The molecule has 1 aromatic carbocycles. The normalized spacial score (nSPS) is 18.0. The Morgan fingerprint density at radius 1 is 1.12 bits per heavy atom. The number of likely N-dealkylation sites (tertiary alicyclic amines) is 1. The summed E-state index contributed by atoms with van der Waals surface area (Å²) in [5, 5.41) is 0.00527. The maximum absolute atomic E-state index is 12.6. The Bertz CT molecular complexity index is 622. The number of Topliss-reactive ketones (excluding diaryl/α,β-unsaturated/α-hetero) is 1. The van der Waals surface area contributed by atoms with Gasteiger partial charge in [-0.25, -0.2) is 0 Å². The number of hydrogen-bond acceptors (Lipinski definition) is 4. The van der Waals surface area contributed by atoms with Gasteiger partial charge in [0, 0.05) is 17.7 Å². The number of carbonyl (C=O) groups is 3. The maximum atomic E-state index is 12.6. The van der Waals surface area contributed by atoms with E-state index in [1.807, 2.05) is 30.3 Å². The van der Waals surface area contributed by atoms with Crippen LogP contribution in [0, 0.1) is 5.41 Å². The summed E-state index contributed by atoms with van der Waals surface area (Å²) in [6.45, 7) is 5.71. The molecule has 0 bridgehead atoms. The Morgan fingerprint density at radius 3 is 2.44 bits per heavy atom. The van der Waals surface area contributed by atoms with Crippen molar-refractivity contribution in [3.8, 4) is 0 Å².